The molecule has 2 aromatic heterocycles. The van der Waals surface area contributed by atoms with Crippen LogP contribution in [0.5, 0.6) is 5.75 Å². The first-order valence-electron chi connectivity index (χ1n) is 10.6. The van der Waals surface area contributed by atoms with Crippen molar-refractivity contribution in [2.24, 2.45) is 0 Å². The molecule has 0 bridgehead atoms. The van der Waals surface area contributed by atoms with Crippen molar-refractivity contribution in [2.45, 2.75) is 58.7 Å². The minimum absolute atomic E-state index is 0.0988. The highest BCUT2D eigenvalue weighted by molar-refractivity contribution is 5.84. The lowest BCUT2D eigenvalue weighted by Crippen LogP contribution is -2.61. The Morgan fingerprint density at radius 1 is 1.21 bits per heavy atom. The number of nitrogens with zero attached hydrogens (tertiary/aromatic N) is 3. The minimum Gasteiger partial charge on any atom is -0.508 e. The number of aromatic nitrogens is 3. The van der Waals surface area contributed by atoms with E-state index in [9.17, 15) is 5.11 Å². The largest absolute Gasteiger partial charge is 0.508 e. The molecule has 3 heterocycles. The first kappa shape index (κ1) is 19.9. The number of piperazine rings is 1. The van der Waals surface area contributed by atoms with Crippen LogP contribution >= 0.6 is 0 Å². The highest BCUT2D eigenvalue weighted by Crippen LogP contribution is 2.30. The second-order valence-electron chi connectivity index (χ2n) is 8.70. The Morgan fingerprint density at radius 2 is 1.97 bits per heavy atom. The van der Waals surface area contributed by atoms with Crippen molar-refractivity contribution in [3.63, 3.8) is 0 Å². The van der Waals surface area contributed by atoms with E-state index in [1.807, 2.05) is 12.1 Å². The average Bonchev–Trinajstić information content (AvgIpc) is 3.11. The van der Waals surface area contributed by atoms with Crippen LogP contribution in [-0.2, 0) is 13.0 Å². The third-order valence-electron chi connectivity index (χ3n) is 5.97. The summed E-state index contributed by atoms with van der Waals surface area (Å²) >= 11 is 0. The average molecular weight is 394 g/mol. The lowest BCUT2D eigenvalue weighted by molar-refractivity contribution is 0.0862. The van der Waals surface area contributed by atoms with Crippen LogP contribution in [0.4, 0.5) is 0 Å². The Kier molecular flexibility index (Phi) is 5.32. The van der Waals surface area contributed by atoms with E-state index in [1.165, 1.54) is 5.56 Å². The minimum atomic E-state index is 0.0988. The molecule has 3 aromatic rings. The van der Waals surface area contributed by atoms with Crippen LogP contribution in [-0.4, -0.2) is 49.9 Å². The zero-order valence-corrected chi connectivity index (χ0v) is 17.8. The van der Waals surface area contributed by atoms with E-state index in [0.717, 1.165) is 60.5 Å². The maximum absolute atomic E-state index is 9.64. The molecule has 1 aromatic carbocycles. The summed E-state index contributed by atoms with van der Waals surface area (Å²) in [5.74, 6) is 0.261. The molecule has 0 saturated carbocycles. The second kappa shape index (κ2) is 7.76. The molecule has 1 unspecified atom stereocenters. The first-order valence-corrected chi connectivity index (χ1v) is 10.6. The van der Waals surface area contributed by atoms with Gasteiger partial charge in [0.05, 0.1) is 5.69 Å². The van der Waals surface area contributed by atoms with Gasteiger partial charge in [0.25, 0.3) is 0 Å². The Hall–Kier alpha value is -2.44. The Labute approximate surface area is 172 Å². The van der Waals surface area contributed by atoms with Crippen LogP contribution in [0, 0.1) is 0 Å². The number of benzene rings is 1. The molecule has 154 valence electrons. The van der Waals surface area contributed by atoms with Crippen molar-refractivity contribution in [3.8, 4) is 17.0 Å². The van der Waals surface area contributed by atoms with Gasteiger partial charge in [0.1, 0.15) is 5.75 Å². The van der Waals surface area contributed by atoms with Crippen molar-refractivity contribution in [1.82, 2.24) is 25.4 Å². The topological polar surface area (TPSA) is 77.1 Å². The quantitative estimate of drug-likeness (QED) is 0.614. The van der Waals surface area contributed by atoms with E-state index in [2.05, 4.69) is 54.2 Å². The molecule has 4 rings (SSSR count). The number of phenolic OH excluding ortho intramolecular Hbond substituents is 1. The number of nitrogens with one attached hydrogen (secondary N) is 2. The highest BCUT2D eigenvalue weighted by Gasteiger charge is 2.32. The van der Waals surface area contributed by atoms with Gasteiger partial charge >= 0.3 is 0 Å². The predicted octanol–water partition coefficient (Wildman–Crippen LogP) is 3.86. The van der Waals surface area contributed by atoms with Gasteiger partial charge in [-0.25, -0.2) is 4.98 Å². The summed E-state index contributed by atoms with van der Waals surface area (Å²) in [7, 11) is 0. The van der Waals surface area contributed by atoms with E-state index in [4.69, 9.17) is 4.98 Å². The summed E-state index contributed by atoms with van der Waals surface area (Å²) in [6.45, 7) is 11.8. The molecular weight excluding hydrogens is 362 g/mol. The van der Waals surface area contributed by atoms with E-state index < -0.39 is 0 Å². The van der Waals surface area contributed by atoms with E-state index in [-0.39, 0.29) is 11.3 Å². The molecule has 1 aliphatic rings. The standard InChI is InChI=1S/C23H31N5O/c1-5-17-12-24-23(3,4)14-28(17)13-16-11-20(15-7-9-18(29)10-8-15)25-22-21(16)19(6-2)26-27-22/h7-11,17,24,29H,5-6,12-14H2,1-4H3,(H,25,26,27). The fourth-order valence-corrected chi connectivity index (χ4v) is 4.35. The van der Waals surface area contributed by atoms with Crippen molar-refractivity contribution >= 4 is 11.0 Å². The molecule has 0 radical (unpaired) electrons. The van der Waals surface area contributed by atoms with Gasteiger partial charge in [-0.3, -0.25) is 10.00 Å². The van der Waals surface area contributed by atoms with Gasteiger partial charge in [-0.2, -0.15) is 5.10 Å². The van der Waals surface area contributed by atoms with Gasteiger partial charge in [-0.05, 0) is 62.6 Å². The third kappa shape index (κ3) is 4.00. The van der Waals surface area contributed by atoms with Gasteiger partial charge in [0, 0.05) is 47.9 Å². The molecule has 1 saturated heterocycles. The summed E-state index contributed by atoms with van der Waals surface area (Å²) < 4.78 is 0. The molecule has 6 nitrogen and oxygen atoms in total. The summed E-state index contributed by atoms with van der Waals surface area (Å²) in [6, 6.07) is 9.93. The summed E-state index contributed by atoms with van der Waals surface area (Å²) in [4.78, 5) is 7.41. The van der Waals surface area contributed by atoms with Crippen molar-refractivity contribution in [1.29, 1.82) is 0 Å². The van der Waals surface area contributed by atoms with Crippen LogP contribution in [0.25, 0.3) is 22.3 Å². The van der Waals surface area contributed by atoms with Crippen LogP contribution in [0.1, 0.15) is 45.4 Å². The van der Waals surface area contributed by atoms with Gasteiger partial charge in [0.2, 0.25) is 0 Å². The van der Waals surface area contributed by atoms with Crippen LogP contribution in [0.3, 0.4) is 0 Å². The van der Waals surface area contributed by atoms with Gasteiger partial charge < -0.3 is 10.4 Å². The summed E-state index contributed by atoms with van der Waals surface area (Å²) in [5, 5.41) is 22.2. The van der Waals surface area contributed by atoms with E-state index >= 15 is 0 Å². The molecule has 1 aliphatic heterocycles. The molecule has 0 amide bonds. The summed E-state index contributed by atoms with van der Waals surface area (Å²) in [5.41, 5.74) is 5.15. The van der Waals surface area contributed by atoms with Crippen molar-refractivity contribution < 1.29 is 5.11 Å². The number of pyridine rings is 1. The zero-order valence-electron chi connectivity index (χ0n) is 17.8. The van der Waals surface area contributed by atoms with Crippen LogP contribution < -0.4 is 5.32 Å². The monoisotopic (exact) mass is 393 g/mol. The van der Waals surface area contributed by atoms with Crippen LogP contribution in [0.15, 0.2) is 30.3 Å². The number of aromatic amines is 1. The van der Waals surface area contributed by atoms with E-state index in [1.54, 1.807) is 12.1 Å². The summed E-state index contributed by atoms with van der Waals surface area (Å²) in [6.07, 6.45) is 2.02. The number of H-pyrrole nitrogens is 1. The highest BCUT2D eigenvalue weighted by atomic mass is 16.3. The number of hydrogen-bond donors (Lipinski definition) is 3. The number of phenols is 1. The fraction of sp³-hybridized carbons (Fsp3) is 0.478. The van der Waals surface area contributed by atoms with E-state index in [0.29, 0.717) is 6.04 Å². The molecule has 0 aliphatic carbocycles. The molecule has 3 N–H and O–H groups in total. The third-order valence-corrected chi connectivity index (χ3v) is 5.97. The predicted molar refractivity (Wildman–Crippen MR) is 117 cm³/mol. The molecule has 0 spiro atoms. The van der Waals surface area contributed by atoms with Gasteiger partial charge in [-0.15, -0.1) is 0 Å². The number of aryl methyl sites for hydroxylation is 1. The molecule has 1 fully saturated rings. The second-order valence-corrected chi connectivity index (χ2v) is 8.70. The Balaban J connectivity index is 1.78. The number of rotatable bonds is 5. The van der Waals surface area contributed by atoms with Crippen LogP contribution in [0.2, 0.25) is 0 Å². The zero-order chi connectivity index (χ0) is 20.6. The van der Waals surface area contributed by atoms with Crippen molar-refractivity contribution in [2.75, 3.05) is 13.1 Å². The smallest absolute Gasteiger partial charge is 0.182 e. The first-order chi connectivity index (χ1) is 13.9. The molecule has 1 atom stereocenters. The molecule has 6 heteroatoms. The maximum Gasteiger partial charge on any atom is 0.182 e. The normalized spacial score (nSPS) is 19.7. The maximum atomic E-state index is 9.64. The van der Waals surface area contributed by atoms with Crippen molar-refractivity contribution in [3.05, 3.63) is 41.6 Å². The SMILES string of the molecule is CCc1[nH]nc2nc(-c3ccc(O)cc3)cc(CN3CC(C)(C)NCC3CC)c12. The fourth-order valence-electron chi connectivity index (χ4n) is 4.35. The molecule has 29 heavy (non-hydrogen) atoms. The Bertz CT molecular complexity index is 992. The lowest BCUT2D eigenvalue weighted by Gasteiger charge is -2.44. The van der Waals surface area contributed by atoms with Gasteiger partial charge in [0.15, 0.2) is 5.65 Å². The lowest BCUT2D eigenvalue weighted by atomic mass is 9.96. The molecular formula is C23H31N5O. The van der Waals surface area contributed by atoms with Gasteiger partial charge in [-0.1, -0.05) is 13.8 Å². The number of fused-ring (bicyclic) bond motifs is 1. The Morgan fingerprint density at radius 3 is 2.66 bits per heavy atom. The number of hydrogen-bond acceptors (Lipinski definition) is 5. The number of aromatic hydroxyl groups is 1.